The first-order valence-electron chi connectivity index (χ1n) is 8.43. The highest BCUT2D eigenvalue weighted by Crippen LogP contribution is 2.36. The minimum absolute atomic E-state index is 0.375. The number of hydrogen-bond donors (Lipinski definition) is 0. The molecule has 0 bridgehead atoms. The van der Waals surface area contributed by atoms with Crippen LogP contribution in [0.15, 0.2) is 71.1 Å². The molecular formula is C22H16N2O3. The SMILES string of the molecule is COc1cc(C#N)c(-c2nc3ccccc3o2)cc1OCc1ccccc1. The van der Waals surface area contributed by atoms with Gasteiger partial charge in [-0.25, -0.2) is 4.98 Å². The van der Waals surface area contributed by atoms with Crippen molar-refractivity contribution in [3.63, 3.8) is 0 Å². The number of methoxy groups -OCH3 is 1. The molecule has 1 aromatic heterocycles. The summed E-state index contributed by atoms with van der Waals surface area (Å²) in [4.78, 5) is 4.49. The van der Waals surface area contributed by atoms with Crippen molar-refractivity contribution in [1.29, 1.82) is 5.26 Å². The van der Waals surface area contributed by atoms with Crippen LogP contribution in [0, 0.1) is 11.3 Å². The van der Waals surface area contributed by atoms with Gasteiger partial charge in [0.25, 0.3) is 0 Å². The molecule has 0 unspecified atom stereocenters. The van der Waals surface area contributed by atoms with Gasteiger partial charge in [-0.3, -0.25) is 0 Å². The van der Waals surface area contributed by atoms with E-state index in [0.29, 0.717) is 40.7 Å². The van der Waals surface area contributed by atoms with Crippen LogP contribution in [0.25, 0.3) is 22.6 Å². The lowest BCUT2D eigenvalue weighted by molar-refractivity contribution is 0.284. The van der Waals surface area contributed by atoms with E-state index in [4.69, 9.17) is 13.9 Å². The summed E-state index contributed by atoms with van der Waals surface area (Å²) in [6, 6.07) is 22.9. The quantitative estimate of drug-likeness (QED) is 0.506. The highest BCUT2D eigenvalue weighted by atomic mass is 16.5. The third-order valence-corrected chi connectivity index (χ3v) is 4.19. The lowest BCUT2D eigenvalue weighted by Crippen LogP contribution is -1.99. The van der Waals surface area contributed by atoms with Crippen LogP contribution in [-0.4, -0.2) is 12.1 Å². The Morgan fingerprint density at radius 1 is 1.00 bits per heavy atom. The van der Waals surface area contributed by atoms with Gasteiger partial charge in [-0.2, -0.15) is 5.26 Å². The van der Waals surface area contributed by atoms with Gasteiger partial charge in [0.15, 0.2) is 17.1 Å². The maximum absolute atomic E-state index is 9.56. The van der Waals surface area contributed by atoms with Crippen molar-refractivity contribution in [3.8, 4) is 29.0 Å². The van der Waals surface area contributed by atoms with Crippen molar-refractivity contribution in [2.75, 3.05) is 7.11 Å². The van der Waals surface area contributed by atoms with E-state index in [2.05, 4.69) is 11.1 Å². The van der Waals surface area contributed by atoms with Gasteiger partial charge in [-0.05, 0) is 23.8 Å². The first-order chi connectivity index (χ1) is 13.3. The molecule has 0 radical (unpaired) electrons. The van der Waals surface area contributed by atoms with E-state index in [1.54, 1.807) is 19.2 Å². The Morgan fingerprint density at radius 2 is 1.78 bits per heavy atom. The fraction of sp³-hybridized carbons (Fsp3) is 0.0909. The number of ether oxygens (including phenoxy) is 2. The van der Waals surface area contributed by atoms with Crippen LogP contribution in [0.1, 0.15) is 11.1 Å². The highest BCUT2D eigenvalue weighted by Gasteiger charge is 2.17. The second kappa shape index (κ2) is 7.22. The fourth-order valence-electron chi connectivity index (χ4n) is 2.82. The average Bonchev–Trinajstić information content (AvgIpc) is 3.16. The number of para-hydroxylation sites is 2. The number of fused-ring (bicyclic) bond motifs is 1. The summed E-state index contributed by atoms with van der Waals surface area (Å²) in [5, 5.41) is 9.56. The normalized spacial score (nSPS) is 10.5. The predicted octanol–water partition coefficient (Wildman–Crippen LogP) is 4.95. The van der Waals surface area contributed by atoms with Crippen LogP contribution in [-0.2, 0) is 6.61 Å². The van der Waals surface area contributed by atoms with Crippen molar-refractivity contribution < 1.29 is 13.9 Å². The maximum Gasteiger partial charge on any atom is 0.228 e. The third kappa shape index (κ3) is 3.33. The van der Waals surface area contributed by atoms with Crippen LogP contribution in [0.3, 0.4) is 0 Å². The van der Waals surface area contributed by atoms with E-state index in [9.17, 15) is 5.26 Å². The smallest absolute Gasteiger partial charge is 0.228 e. The Kier molecular flexibility index (Phi) is 4.46. The summed E-state index contributed by atoms with van der Waals surface area (Å²) in [6.07, 6.45) is 0. The minimum Gasteiger partial charge on any atom is -0.493 e. The summed E-state index contributed by atoms with van der Waals surface area (Å²) in [6.45, 7) is 0.385. The maximum atomic E-state index is 9.56. The molecule has 0 atom stereocenters. The standard InChI is InChI=1S/C22H16N2O3/c1-25-20-11-16(13-23)17(22-24-18-9-5-6-10-19(18)27-22)12-21(20)26-14-15-7-3-2-4-8-15/h2-12H,14H2,1H3. The molecule has 132 valence electrons. The van der Waals surface area contributed by atoms with E-state index >= 15 is 0 Å². The Balaban J connectivity index is 1.75. The number of nitrogens with zero attached hydrogens (tertiary/aromatic N) is 2. The highest BCUT2D eigenvalue weighted by molar-refractivity contribution is 5.78. The Hall–Kier alpha value is -3.78. The fourth-order valence-corrected chi connectivity index (χ4v) is 2.82. The van der Waals surface area contributed by atoms with E-state index in [1.165, 1.54) is 0 Å². The number of rotatable bonds is 5. The second-order valence-corrected chi connectivity index (χ2v) is 5.92. The number of aromatic nitrogens is 1. The zero-order chi connectivity index (χ0) is 18.6. The third-order valence-electron chi connectivity index (χ3n) is 4.19. The second-order valence-electron chi connectivity index (χ2n) is 5.92. The molecule has 1 heterocycles. The van der Waals surface area contributed by atoms with Gasteiger partial charge in [0.1, 0.15) is 18.2 Å². The summed E-state index contributed by atoms with van der Waals surface area (Å²) in [5.74, 6) is 1.39. The molecule has 0 fully saturated rings. The summed E-state index contributed by atoms with van der Waals surface area (Å²) < 4.78 is 17.2. The Bertz CT molecular complexity index is 1090. The van der Waals surface area contributed by atoms with Crippen LogP contribution in [0.4, 0.5) is 0 Å². The molecule has 3 aromatic carbocycles. The van der Waals surface area contributed by atoms with Crippen molar-refractivity contribution in [2.24, 2.45) is 0 Å². The number of nitriles is 1. The number of benzene rings is 3. The Labute approximate surface area is 156 Å². The van der Waals surface area contributed by atoms with Gasteiger partial charge in [0, 0.05) is 6.07 Å². The first kappa shape index (κ1) is 16.7. The molecule has 0 saturated carbocycles. The van der Waals surface area contributed by atoms with Crippen LogP contribution in [0.2, 0.25) is 0 Å². The van der Waals surface area contributed by atoms with Gasteiger partial charge >= 0.3 is 0 Å². The van der Waals surface area contributed by atoms with Crippen molar-refractivity contribution in [1.82, 2.24) is 4.98 Å². The molecule has 0 amide bonds. The molecule has 4 rings (SSSR count). The molecule has 5 heteroatoms. The summed E-state index contributed by atoms with van der Waals surface area (Å²) in [7, 11) is 1.55. The van der Waals surface area contributed by atoms with E-state index in [-0.39, 0.29) is 0 Å². The predicted molar refractivity (Wildman–Crippen MR) is 101 cm³/mol. The van der Waals surface area contributed by atoms with Gasteiger partial charge in [-0.15, -0.1) is 0 Å². The first-order valence-corrected chi connectivity index (χ1v) is 8.43. The molecule has 27 heavy (non-hydrogen) atoms. The summed E-state index contributed by atoms with van der Waals surface area (Å²) in [5.41, 5.74) is 3.41. The van der Waals surface area contributed by atoms with Gasteiger partial charge in [0.05, 0.1) is 18.2 Å². The number of hydrogen-bond acceptors (Lipinski definition) is 5. The summed E-state index contributed by atoms with van der Waals surface area (Å²) >= 11 is 0. The molecule has 0 spiro atoms. The van der Waals surface area contributed by atoms with Crippen molar-refractivity contribution >= 4 is 11.1 Å². The van der Waals surface area contributed by atoms with E-state index in [1.807, 2.05) is 54.6 Å². The van der Waals surface area contributed by atoms with Crippen LogP contribution in [0.5, 0.6) is 11.5 Å². The molecular weight excluding hydrogens is 340 g/mol. The zero-order valence-electron chi connectivity index (χ0n) is 14.7. The average molecular weight is 356 g/mol. The topological polar surface area (TPSA) is 68.3 Å². The number of oxazole rings is 1. The van der Waals surface area contributed by atoms with Crippen LogP contribution >= 0.6 is 0 Å². The van der Waals surface area contributed by atoms with Gasteiger partial charge in [0.2, 0.25) is 5.89 Å². The van der Waals surface area contributed by atoms with Crippen molar-refractivity contribution in [3.05, 3.63) is 77.9 Å². The van der Waals surface area contributed by atoms with Crippen molar-refractivity contribution in [2.45, 2.75) is 6.61 Å². The van der Waals surface area contributed by atoms with Gasteiger partial charge < -0.3 is 13.9 Å². The molecule has 5 nitrogen and oxygen atoms in total. The molecule has 0 aliphatic carbocycles. The molecule has 0 aliphatic rings. The van der Waals surface area contributed by atoms with Gasteiger partial charge in [-0.1, -0.05) is 42.5 Å². The molecule has 0 N–H and O–H groups in total. The molecule has 0 saturated heterocycles. The Morgan fingerprint density at radius 3 is 2.52 bits per heavy atom. The van der Waals surface area contributed by atoms with Crippen LogP contribution < -0.4 is 9.47 Å². The monoisotopic (exact) mass is 356 g/mol. The largest absolute Gasteiger partial charge is 0.493 e. The van der Waals surface area contributed by atoms with E-state index < -0.39 is 0 Å². The zero-order valence-corrected chi connectivity index (χ0v) is 14.7. The lowest BCUT2D eigenvalue weighted by Gasteiger charge is -2.13. The van der Waals surface area contributed by atoms with E-state index in [0.717, 1.165) is 11.1 Å². The molecule has 4 aromatic rings. The minimum atomic E-state index is 0.375. The lowest BCUT2D eigenvalue weighted by atomic mass is 10.1. The molecule has 0 aliphatic heterocycles.